The molecule has 0 saturated carbocycles. The first-order valence-corrected chi connectivity index (χ1v) is 12.5. The van der Waals surface area contributed by atoms with Gasteiger partial charge in [0, 0.05) is 31.0 Å². The van der Waals surface area contributed by atoms with Gasteiger partial charge in [0.1, 0.15) is 11.5 Å². The van der Waals surface area contributed by atoms with Crippen molar-refractivity contribution in [1.29, 1.82) is 0 Å². The van der Waals surface area contributed by atoms with Crippen molar-refractivity contribution < 1.29 is 89.1 Å². The molecule has 2 aliphatic heterocycles. The van der Waals surface area contributed by atoms with Crippen LogP contribution < -0.4 is 74.1 Å². The van der Waals surface area contributed by atoms with Crippen molar-refractivity contribution in [2.45, 2.75) is 5.60 Å². The van der Waals surface area contributed by atoms with E-state index in [1.165, 1.54) is 0 Å². The number of hydrogen-bond acceptors (Lipinski definition) is 5. The molecule has 0 bridgehead atoms. The molecule has 12 heteroatoms. The summed E-state index contributed by atoms with van der Waals surface area (Å²) in [4.78, 5) is 12.8. The molecule has 5 rings (SSSR count). The van der Waals surface area contributed by atoms with E-state index in [-0.39, 0.29) is 76.1 Å². The summed E-state index contributed by atoms with van der Waals surface area (Å²) in [6, 6.07) is 10.6. The summed E-state index contributed by atoms with van der Waals surface area (Å²) in [5.41, 5.74) is 1.02. The normalized spacial score (nSPS) is 13.9. The van der Waals surface area contributed by atoms with Gasteiger partial charge in [-0.2, -0.15) is 0 Å². The molecule has 2 N–H and O–H groups in total. The van der Waals surface area contributed by atoms with E-state index in [0.29, 0.717) is 48.0 Å². The number of rotatable bonds is 0. The van der Waals surface area contributed by atoms with E-state index >= 15 is 0 Å². The minimum atomic E-state index is -1.28. The first-order chi connectivity index (χ1) is 13.8. The molecule has 3 aromatic carbocycles. The quantitative estimate of drug-likeness (QED) is 0.148. The fraction of sp³-hybridized carbons (Fsp3) is 0.0500. The minimum absolute atomic E-state index is 0. The molecule has 0 aliphatic carbocycles. The Hall–Kier alpha value is 1.41. The second kappa shape index (κ2) is 10.8. The first kappa shape index (κ1) is 29.6. The van der Waals surface area contributed by atoms with Gasteiger partial charge in [0.05, 0.1) is 5.56 Å². The van der Waals surface area contributed by atoms with Crippen LogP contribution in [0.2, 0.25) is 0 Å². The zero-order valence-electron chi connectivity index (χ0n) is 16.5. The Bertz CT molecular complexity index is 1200. The van der Waals surface area contributed by atoms with Crippen LogP contribution in [0.3, 0.4) is 0 Å². The van der Waals surface area contributed by atoms with E-state index in [0.717, 1.165) is 0 Å². The molecule has 0 fully saturated rings. The van der Waals surface area contributed by atoms with Gasteiger partial charge in [0.2, 0.25) is 0 Å². The topological polar surface area (TPSA) is 113 Å². The van der Waals surface area contributed by atoms with E-state index in [4.69, 9.17) is 9.47 Å². The fourth-order valence-corrected chi connectivity index (χ4v) is 7.33. The smallest absolute Gasteiger partial charge is 0.871 e. The number of hydrogen-bond donors (Lipinski definition) is 0. The summed E-state index contributed by atoms with van der Waals surface area (Å²) >= 11 is 7.86. The minimum Gasteiger partial charge on any atom is -0.871 e. The van der Waals surface area contributed by atoms with Crippen LogP contribution in [0, 0.1) is 14.3 Å². The summed E-state index contributed by atoms with van der Waals surface area (Å²) in [6.45, 7) is 0. The molecule has 32 heavy (non-hydrogen) atoms. The van der Waals surface area contributed by atoms with Crippen LogP contribution in [-0.2, 0) is 10.3 Å². The molecule has 0 saturated heterocycles. The average molecular weight is 898 g/mol. The van der Waals surface area contributed by atoms with Crippen molar-refractivity contribution in [2.24, 2.45) is 0 Å². The van der Waals surface area contributed by atoms with Crippen molar-refractivity contribution in [3.05, 3.63) is 72.9 Å². The molecule has 2 heterocycles. The predicted octanol–water partition coefficient (Wildman–Crippen LogP) is -2.00. The fourth-order valence-electron chi connectivity index (χ4n) is 3.75. The third-order valence-electron chi connectivity index (χ3n) is 5.00. The van der Waals surface area contributed by atoms with Crippen LogP contribution in [-0.4, -0.2) is 11.4 Å². The predicted molar refractivity (Wildman–Crippen MR) is 138 cm³/mol. The van der Waals surface area contributed by atoms with Crippen LogP contribution in [0.4, 0.5) is 0 Å². The first-order valence-electron chi connectivity index (χ1n) is 8.17. The van der Waals surface area contributed by atoms with Gasteiger partial charge in [-0.25, -0.2) is 4.79 Å². The number of fused-ring (bicyclic) bond motifs is 6. The molecule has 3 aromatic rings. The van der Waals surface area contributed by atoms with Gasteiger partial charge in [-0.1, -0.05) is 29.7 Å². The summed E-state index contributed by atoms with van der Waals surface area (Å²) in [7, 11) is 0. The Morgan fingerprint density at radius 1 is 0.781 bits per heavy atom. The van der Waals surface area contributed by atoms with Gasteiger partial charge in [-0.3, -0.25) is 0 Å². The summed E-state index contributed by atoms with van der Waals surface area (Å²) in [6.07, 6.45) is 0. The molecule has 2 aliphatic rings. The zero-order chi connectivity index (χ0) is 20.7. The van der Waals surface area contributed by atoms with E-state index in [1.54, 1.807) is 24.3 Å². The van der Waals surface area contributed by atoms with Crippen LogP contribution in [0.1, 0.15) is 27.0 Å². The van der Waals surface area contributed by atoms with Gasteiger partial charge in [0.15, 0.2) is 5.60 Å². The number of halogens is 4. The third kappa shape index (κ3) is 4.18. The standard InChI is InChI=1S/C20H8I4O5.2Na.H2O/c21-11-5-9-17(13(23)15(11)25)28-18-10(6-12(22)16(26)14(18)24)20(9)8-4-2-1-3-7(8)19(27)29-20;;;/h1-6,25-26H;;;1H2/q;2*+1;/p-2. The van der Waals surface area contributed by atoms with Crippen molar-refractivity contribution in [2.75, 3.05) is 0 Å². The number of ether oxygens (including phenoxy) is 2. The van der Waals surface area contributed by atoms with Gasteiger partial charge in [-0.15, -0.1) is 0 Å². The van der Waals surface area contributed by atoms with Crippen LogP contribution in [0.25, 0.3) is 0 Å². The summed E-state index contributed by atoms with van der Waals surface area (Å²) < 4.78 is 14.0. The largest absolute Gasteiger partial charge is 1.00 e. The monoisotopic (exact) mass is 898 g/mol. The van der Waals surface area contributed by atoms with Crippen molar-refractivity contribution in [1.82, 2.24) is 0 Å². The van der Waals surface area contributed by atoms with E-state index in [1.807, 2.05) is 102 Å². The van der Waals surface area contributed by atoms with E-state index < -0.39 is 11.6 Å². The Morgan fingerprint density at radius 3 is 1.75 bits per heavy atom. The Labute approximate surface area is 282 Å². The van der Waals surface area contributed by atoms with E-state index in [9.17, 15) is 15.0 Å². The summed E-state index contributed by atoms with van der Waals surface area (Å²) in [5.74, 6) is -0.127. The van der Waals surface area contributed by atoms with Crippen molar-refractivity contribution in [3.63, 3.8) is 0 Å². The SMILES string of the molecule is O.O=C1OC2(c3ccccc31)c1cc(I)c([O-])c(I)c1Oc1c2cc(I)c([O-])c1I.[Na+].[Na+]. The molecule has 0 unspecified atom stereocenters. The Morgan fingerprint density at radius 2 is 1.25 bits per heavy atom. The average Bonchev–Trinajstić information content (AvgIpc) is 3.00. The Kier molecular flexibility index (Phi) is 10.0. The summed E-state index contributed by atoms with van der Waals surface area (Å²) in [5, 5.41) is 25.2. The molecule has 0 aromatic heterocycles. The Balaban J connectivity index is 0.00000121. The third-order valence-corrected chi connectivity index (χ3v) is 8.56. The van der Waals surface area contributed by atoms with Crippen LogP contribution >= 0.6 is 90.4 Å². The molecule has 0 amide bonds. The molecule has 0 atom stereocenters. The van der Waals surface area contributed by atoms with Gasteiger partial charge >= 0.3 is 65.1 Å². The number of carbonyl (C=O) groups excluding carboxylic acids is 1. The number of benzene rings is 3. The molecular formula is C20H8I4Na2O6. The second-order valence-electron chi connectivity index (χ2n) is 6.47. The maximum absolute atomic E-state index is 12.8. The zero-order valence-corrected chi connectivity index (χ0v) is 29.1. The molecule has 0 radical (unpaired) electrons. The molecule has 1 spiro atoms. The molecule has 154 valence electrons. The van der Waals surface area contributed by atoms with Crippen molar-refractivity contribution >= 4 is 96.3 Å². The maximum Gasteiger partial charge on any atom is 1.00 e. The molecule has 6 nitrogen and oxygen atoms in total. The van der Waals surface area contributed by atoms with Gasteiger partial charge in [0.25, 0.3) is 0 Å². The maximum atomic E-state index is 12.8. The van der Waals surface area contributed by atoms with Crippen LogP contribution in [0.5, 0.6) is 23.0 Å². The number of carbonyl (C=O) groups is 1. The van der Waals surface area contributed by atoms with Gasteiger partial charge in [-0.05, 0) is 109 Å². The number of esters is 1. The van der Waals surface area contributed by atoms with Gasteiger partial charge < -0.3 is 25.2 Å². The van der Waals surface area contributed by atoms with E-state index in [2.05, 4.69) is 0 Å². The molecular weight excluding hydrogens is 890 g/mol. The van der Waals surface area contributed by atoms with Crippen LogP contribution in [0.15, 0.2) is 36.4 Å². The van der Waals surface area contributed by atoms with Crippen molar-refractivity contribution in [3.8, 4) is 23.0 Å². The second-order valence-corrected chi connectivity index (χ2v) is 11.0.